The van der Waals surface area contributed by atoms with E-state index in [1.165, 1.54) is 148 Å². The molecular weight excluding hydrogens is 324 g/mol. The van der Waals surface area contributed by atoms with E-state index in [4.69, 9.17) is 0 Å². The van der Waals surface area contributed by atoms with Gasteiger partial charge in [0.1, 0.15) is 0 Å². The molecule has 0 heterocycles. The van der Waals surface area contributed by atoms with Gasteiger partial charge in [0.25, 0.3) is 0 Å². The molecule has 2 aliphatic rings. The van der Waals surface area contributed by atoms with Crippen LogP contribution in [-0.4, -0.2) is 0 Å². The molecule has 0 aromatic carbocycles. The van der Waals surface area contributed by atoms with Crippen molar-refractivity contribution in [2.45, 2.75) is 148 Å². The summed E-state index contributed by atoms with van der Waals surface area (Å²) >= 11 is 0. The number of allylic oxidation sites excluding steroid dienone is 1. The van der Waals surface area contributed by atoms with E-state index in [2.05, 4.69) is 6.58 Å². The fourth-order valence-electron chi connectivity index (χ4n) is 5.69. The van der Waals surface area contributed by atoms with Crippen LogP contribution in [0.1, 0.15) is 148 Å². The van der Waals surface area contributed by atoms with Crippen LogP contribution in [0.15, 0.2) is 12.2 Å². The third kappa shape index (κ3) is 10.7. The van der Waals surface area contributed by atoms with Crippen LogP contribution < -0.4 is 0 Å². The lowest BCUT2D eigenvalue weighted by Gasteiger charge is -2.30. The van der Waals surface area contributed by atoms with Gasteiger partial charge in [-0.2, -0.15) is 0 Å². The molecule has 0 heteroatoms. The highest BCUT2D eigenvalue weighted by atomic mass is 14.3. The summed E-state index contributed by atoms with van der Waals surface area (Å²) in [5, 5.41) is 0. The second-order valence-corrected chi connectivity index (χ2v) is 9.86. The first-order valence-electron chi connectivity index (χ1n) is 13.1. The minimum Gasteiger partial charge on any atom is -0.0996 e. The van der Waals surface area contributed by atoms with Gasteiger partial charge in [-0.1, -0.05) is 128 Å². The minimum absolute atomic E-state index is 0.843. The molecule has 0 saturated heterocycles. The van der Waals surface area contributed by atoms with Crippen molar-refractivity contribution in [2.24, 2.45) is 11.8 Å². The van der Waals surface area contributed by atoms with Crippen molar-refractivity contribution in [3.05, 3.63) is 12.2 Å². The second-order valence-electron chi connectivity index (χ2n) is 9.86. The molecule has 2 fully saturated rings. The standard InChI is InChI=1S/C27H50/c1-25-21-17-13-9-5-4-8-12-16-20-24-27(25)26-22-18-14-10-6-2-3-7-11-15-19-23-26/h26-27H,1-24H2. The monoisotopic (exact) mass is 374 g/mol. The largest absolute Gasteiger partial charge is 0.0996 e. The molecule has 27 heavy (non-hydrogen) atoms. The Bertz CT molecular complexity index is 341. The first kappa shape index (κ1) is 23.0. The molecule has 0 aromatic rings. The fraction of sp³-hybridized carbons (Fsp3) is 0.926. The van der Waals surface area contributed by atoms with Crippen molar-refractivity contribution in [3.8, 4) is 0 Å². The quantitative estimate of drug-likeness (QED) is 0.400. The predicted molar refractivity (Wildman–Crippen MR) is 122 cm³/mol. The van der Waals surface area contributed by atoms with Crippen molar-refractivity contribution in [1.29, 1.82) is 0 Å². The van der Waals surface area contributed by atoms with E-state index in [0.717, 1.165) is 11.8 Å². The first-order valence-corrected chi connectivity index (χ1v) is 13.1. The molecule has 0 radical (unpaired) electrons. The summed E-state index contributed by atoms with van der Waals surface area (Å²) in [6, 6.07) is 0. The van der Waals surface area contributed by atoms with Gasteiger partial charge >= 0.3 is 0 Å². The maximum absolute atomic E-state index is 4.67. The number of hydrogen-bond donors (Lipinski definition) is 0. The Hall–Kier alpha value is -0.260. The molecule has 0 nitrogen and oxygen atoms in total. The van der Waals surface area contributed by atoms with E-state index >= 15 is 0 Å². The van der Waals surface area contributed by atoms with Gasteiger partial charge in [-0.3, -0.25) is 0 Å². The van der Waals surface area contributed by atoms with E-state index in [1.807, 2.05) is 0 Å². The van der Waals surface area contributed by atoms with Crippen LogP contribution >= 0.6 is 0 Å². The summed E-state index contributed by atoms with van der Waals surface area (Å²) in [4.78, 5) is 0. The molecule has 0 aliphatic heterocycles. The van der Waals surface area contributed by atoms with Crippen LogP contribution in [-0.2, 0) is 0 Å². The molecule has 1 atom stereocenters. The summed E-state index contributed by atoms with van der Waals surface area (Å²) < 4.78 is 0. The van der Waals surface area contributed by atoms with Gasteiger partial charge in [-0.25, -0.2) is 0 Å². The maximum atomic E-state index is 4.67. The van der Waals surface area contributed by atoms with Crippen LogP contribution in [0.25, 0.3) is 0 Å². The Labute approximate surface area is 172 Å². The Morgan fingerprint density at radius 3 is 1.19 bits per heavy atom. The zero-order valence-electron chi connectivity index (χ0n) is 18.6. The summed E-state index contributed by atoms with van der Waals surface area (Å²) in [5.74, 6) is 1.79. The van der Waals surface area contributed by atoms with Gasteiger partial charge in [0.2, 0.25) is 0 Å². The van der Waals surface area contributed by atoms with Crippen molar-refractivity contribution >= 4 is 0 Å². The highest BCUT2D eigenvalue weighted by molar-refractivity contribution is 5.03. The van der Waals surface area contributed by atoms with Gasteiger partial charge < -0.3 is 0 Å². The number of hydrogen-bond acceptors (Lipinski definition) is 0. The molecule has 0 aromatic heterocycles. The predicted octanol–water partition coefficient (Wildman–Crippen LogP) is 9.77. The summed E-state index contributed by atoms with van der Waals surface area (Å²) in [7, 11) is 0. The molecule has 2 saturated carbocycles. The van der Waals surface area contributed by atoms with E-state index < -0.39 is 0 Å². The van der Waals surface area contributed by atoms with Gasteiger partial charge in [0.05, 0.1) is 0 Å². The average molecular weight is 375 g/mol. The Balaban J connectivity index is 1.92. The molecule has 1 unspecified atom stereocenters. The fourth-order valence-corrected chi connectivity index (χ4v) is 5.69. The van der Waals surface area contributed by atoms with Crippen molar-refractivity contribution < 1.29 is 0 Å². The molecule has 158 valence electrons. The molecule has 0 spiro atoms. The normalized spacial score (nSPS) is 27.9. The highest BCUT2D eigenvalue weighted by Crippen LogP contribution is 2.36. The SMILES string of the molecule is C=C1CCCCCCCCCCCC1C1CCCCCCCCCCCC1. The molecule has 2 rings (SSSR count). The van der Waals surface area contributed by atoms with E-state index in [0.29, 0.717) is 0 Å². The van der Waals surface area contributed by atoms with Crippen LogP contribution in [0.4, 0.5) is 0 Å². The molecule has 0 amide bonds. The van der Waals surface area contributed by atoms with Gasteiger partial charge in [0.15, 0.2) is 0 Å². The average Bonchev–Trinajstić information content (AvgIpc) is 2.71. The maximum Gasteiger partial charge on any atom is -0.0178 e. The molecule has 0 N–H and O–H groups in total. The lowest BCUT2D eigenvalue weighted by Crippen LogP contribution is -2.18. The van der Waals surface area contributed by atoms with E-state index in [1.54, 1.807) is 5.57 Å². The van der Waals surface area contributed by atoms with Crippen LogP contribution in [0.5, 0.6) is 0 Å². The minimum atomic E-state index is 0.843. The summed E-state index contributed by atoms with van der Waals surface area (Å²) in [5.41, 5.74) is 1.64. The lowest BCUT2D eigenvalue weighted by atomic mass is 9.76. The third-order valence-corrected chi connectivity index (χ3v) is 7.51. The van der Waals surface area contributed by atoms with Crippen LogP contribution in [0.2, 0.25) is 0 Å². The summed E-state index contributed by atoms with van der Waals surface area (Å²) in [6.07, 6.45) is 33.7. The van der Waals surface area contributed by atoms with Gasteiger partial charge in [0, 0.05) is 0 Å². The molecule has 0 bridgehead atoms. The lowest BCUT2D eigenvalue weighted by molar-refractivity contribution is 0.285. The van der Waals surface area contributed by atoms with Gasteiger partial charge in [-0.05, 0) is 43.9 Å². The zero-order chi connectivity index (χ0) is 19.0. The van der Waals surface area contributed by atoms with Crippen molar-refractivity contribution in [1.82, 2.24) is 0 Å². The topological polar surface area (TPSA) is 0 Å². The molecular formula is C27H50. The summed E-state index contributed by atoms with van der Waals surface area (Å²) in [6.45, 7) is 4.67. The smallest absolute Gasteiger partial charge is 0.0178 e. The van der Waals surface area contributed by atoms with Crippen LogP contribution in [0.3, 0.4) is 0 Å². The Kier molecular flexibility index (Phi) is 13.3. The molecule has 2 aliphatic carbocycles. The van der Waals surface area contributed by atoms with Gasteiger partial charge in [-0.15, -0.1) is 0 Å². The third-order valence-electron chi connectivity index (χ3n) is 7.51. The first-order chi connectivity index (χ1) is 13.4. The van der Waals surface area contributed by atoms with Crippen molar-refractivity contribution in [3.63, 3.8) is 0 Å². The van der Waals surface area contributed by atoms with E-state index in [9.17, 15) is 0 Å². The Morgan fingerprint density at radius 1 is 0.407 bits per heavy atom. The Morgan fingerprint density at radius 2 is 0.741 bits per heavy atom. The second kappa shape index (κ2) is 15.6. The zero-order valence-corrected chi connectivity index (χ0v) is 18.6. The highest BCUT2D eigenvalue weighted by Gasteiger charge is 2.23. The van der Waals surface area contributed by atoms with E-state index in [-0.39, 0.29) is 0 Å². The van der Waals surface area contributed by atoms with Crippen molar-refractivity contribution in [2.75, 3.05) is 0 Å². The van der Waals surface area contributed by atoms with Crippen LogP contribution in [0, 0.1) is 11.8 Å². The number of rotatable bonds is 1.